The lowest BCUT2D eigenvalue weighted by molar-refractivity contribution is 0.0694. The zero-order valence-electron chi connectivity index (χ0n) is 10.2. The highest BCUT2D eigenvalue weighted by atomic mass is 19.1. The van der Waals surface area contributed by atoms with Crippen LogP contribution in [0.2, 0.25) is 0 Å². The van der Waals surface area contributed by atoms with Crippen LogP contribution in [0.1, 0.15) is 22.3 Å². The molecule has 2 rings (SSSR count). The maximum atomic E-state index is 13.0. The SMILES string of the molecule is COC1CCN(Cc2ccc(F)cc2C(=O)O)C1. The second kappa shape index (κ2) is 5.46. The lowest BCUT2D eigenvalue weighted by Gasteiger charge is -2.17. The van der Waals surface area contributed by atoms with E-state index in [1.165, 1.54) is 6.07 Å². The minimum Gasteiger partial charge on any atom is -0.478 e. The number of carbonyl (C=O) groups is 1. The van der Waals surface area contributed by atoms with Gasteiger partial charge in [0.05, 0.1) is 11.7 Å². The fourth-order valence-corrected chi connectivity index (χ4v) is 2.26. The summed E-state index contributed by atoms with van der Waals surface area (Å²) in [5.41, 5.74) is 0.677. The molecule has 0 bridgehead atoms. The van der Waals surface area contributed by atoms with Crippen molar-refractivity contribution in [2.45, 2.75) is 19.1 Å². The van der Waals surface area contributed by atoms with Crippen LogP contribution in [0.3, 0.4) is 0 Å². The van der Waals surface area contributed by atoms with Gasteiger partial charge in [0, 0.05) is 26.7 Å². The molecule has 1 aromatic rings. The number of hydrogen-bond donors (Lipinski definition) is 1. The third kappa shape index (κ3) is 2.86. The first-order valence-corrected chi connectivity index (χ1v) is 5.87. The van der Waals surface area contributed by atoms with Crippen LogP contribution < -0.4 is 0 Å². The van der Waals surface area contributed by atoms with E-state index in [1.807, 2.05) is 0 Å². The van der Waals surface area contributed by atoms with Crippen LogP contribution in [0.5, 0.6) is 0 Å². The predicted molar refractivity (Wildman–Crippen MR) is 64.1 cm³/mol. The normalized spacial score (nSPS) is 20.2. The van der Waals surface area contributed by atoms with E-state index in [0.29, 0.717) is 12.1 Å². The maximum absolute atomic E-state index is 13.0. The molecule has 0 aliphatic carbocycles. The van der Waals surface area contributed by atoms with Crippen molar-refractivity contribution in [1.29, 1.82) is 0 Å². The smallest absolute Gasteiger partial charge is 0.336 e. The zero-order valence-corrected chi connectivity index (χ0v) is 10.2. The van der Waals surface area contributed by atoms with Crippen LogP contribution in [-0.4, -0.2) is 42.3 Å². The van der Waals surface area contributed by atoms with E-state index in [2.05, 4.69) is 4.90 Å². The Morgan fingerprint density at radius 3 is 3.00 bits per heavy atom. The van der Waals surface area contributed by atoms with Crippen molar-refractivity contribution >= 4 is 5.97 Å². The average molecular weight is 253 g/mol. The minimum atomic E-state index is -1.09. The highest BCUT2D eigenvalue weighted by molar-refractivity contribution is 5.89. The van der Waals surface area contributed by atoms with E-state index in [4.69, 9.17) is 9.84 Å². The van der Waals surface area contributed by atoms with Crippen molar-refractivity contribution in [2.75, 3.05) is 20.2 Å². The summed E-state index contributed by atoms with van der Waals surface area (Å²) in [6, 6.07) is 3.91. The van der Waals surface area contributed by atoms with Crippen molar-refractivity contribution in [1.82, 2.24) is 4.90 Å². The molecule has 1 saturated heterocycles. The van der Waals surface area contributed by atoms with Gasteiger partial charge in [-0.05, 0) is 24.1 Å². The van der Waals surface area contributed by atoms with Gasteiger partial charge >= 0.3 is 5.97 Å². The summed E-state index contributed by atoms with van der Waals surface area (Å²) in [5.74, 6) is -1.61. The zero-order chi connectivity index (χ0) is 13.1. The lowest BCUT2D eigenvalue weighted by Crippen LogP contribution is -2.23. The lowest BCUT2D eigenvalue weighted by atomic mass is 10.1. The molecule has 1 aromatic carbocycles. The minimum absolute atomic E-state index is 0.0378. The Morgan fingerprint density at radius 1 is 1.61 bits per heavy atom. The molecular formula is C13H16FNO3. The number of likely N-dealkylation sites (tertiary alicyclic amines) is 1. The number of methoxy groups -OCH3 is 1. The van der Waals surface area contributed by atoms with Gasteiger partial charge in [-0.3, -0.25) is 4.90 Å². The van der Waals surface area contributed by atoms with Crippen LogP contribution in [0.15, 0.2) is 18.2 Å². The standard InChI is InChI=1S/C13H16FNO3/c1-18-11-4-5-15(8-11)7-9-2-3-10(14)6-12(9)13(16)17/h2-3,6,11H,4-5,7-8H2,1H3,(H,16,17). The first-order valence-electron chi connectivity index (χ1n) is 5.87. The summed E-state index contributed by atoms with van der Waals surface area (Å²) in [5, 5.41) is 9.05. The number of halogens is 1. The highest BCUT2D eigenvalue weighted by Crippen LogP contribution is 2.18. The predicted octanol–water partition coefficient (Wildman–Crippen LogP) is 1.74. The monoisotopic (exact) mass is 253 g/mol. The summed E-state index contributed by atoms with van der Waals surface area (Å²) in [4.78, 5) is 13.2. The number of rotatable bonds is 4. The number of carboxylic acids is 1. The van der Waals surface area contributed by atoms with E-state index in [1.54, 1.807) is 13.2 Å². The Hall–Kier alpha value is -1.46. The number of benzene rings is 1. The third-order valence-corrected chi connectivity index (χ3v) is 3.26. The second-order valence-electron chi connectivity index (χ2n) is 4.49. The van der Waals surface area contributed by atoms with Crippen LogP contribution in [0.25, 0.3) is 0 Å². The number of hydrogen-bond acceptors (Lipinski definition) is 3. The molecule has 0 radical (unpaired) electrons. The third-order valence-electron chi connectivity index (χ3n) is 3.26. The molecule has 1 aliphatic rings. The molecule has 1 unspecified atom stereocenters. The highest BCUT2D eigenvalue weighted by Gasteiger charge is 2.23. The quantitative estimate of drug-likeness (QED) is 0.888. The summed E-state index contributed by atoms with van der Waals surface area (Å²) in [6.07, 6.45) is 1.15. The van der Waals surface area contributed by atoms with Gasteiger partial charge < -0.3 is 9.84 Å². The molecule has 5 heteroatoms. The van der Waals surface area contributed by atoms with E-state index < -0.39 is 11.8 Å². The number of nitrogens with zero attached hydrogens (tertiary/aromatic N) is 1. The molecule has 98 valence electrons. The van der Waals surface area contributed by atoms with Gasteiger partial charge in [0.25, 0.3) is 0 Å². The molecule has 1 aliphatic heterocycles. The topological polar surface area (TPSA) is 49.8 Å². The molecule has 1 heterocycles. The molecule has 0 amide bonds. The average Bonchev–Trinajstić information content (AvgIpc) is 2.79. The number of carboxylic acid groups (broad SMARTS) is 1. The van der Waals surface area contributed by atoms with Crippen molar-refractivity contribution in [2.24, 2.45) is 0 Å². The number of aromatic carboxylic acids is 1. The van der Waals surface area contributed by atoms with E-state index in [0.717, 1.165) is 25.6 Å². The second-order valence-corrected chi connectivity index (χ2v) is 4.49. The molecule has 18 heavy (non-hydrogen) atoms. The van der Waals surface area contributed by atoms with Crippen LogP contribution in [0.4, 0.5) is 4.39 Å². The Bertz CT molecular complexity index is 450. The van der Waals surface area contributed by atoms with Crippen LogP contribution in [0, 0.1) is 5.82 Å². The number of ether oxygens (including phenoxy) is 1. The van der Waals surface area contributed by atoms with Gasteiger partial charge in [-0.1, -0.05) is 6.07 Å². The van der Waals surface area contributed by atoms with Crippen molar-refractivity contribution in [3.8, 4) is 0 Å². The molecule has 1 atom stereocenters. The first-order chi connectivity index (χ1) is 8.60. The van der Waals surface area contributed by atoms with Crippen LogP contribution >= 0.6 is 0 Å². The van der Waals surface area contributed by atoms with Crippen LogP contribution in [-0.2, 0) is 11.3 Å². The molecule has 0 saturated carbocycles. The first kappa shape index (κ1) is 13.0. The molecule has 0 spiro atoms. The fraction of sp³-hybridized carbons (Fsp3) is 0.462. The summed E-state index contributed by atoms with van der Waals surface area (Å²) in [7, 11) is 1.68. The summed E-state index contributed by atoms with van der Waals surface area (Å²) >= 11 is 0. The van der Waals surface area contributed by atoms with Gasteiger partial charge in [0.2, 0.25) is 0 Å². The molecule has 1 N–H and O–H groups in total. The van der Waals surface area contributed by atoms with Gasteiger partial charge in [-0.2, -0.15) is 0 Å². The Kier molecular flexibility index (Phi) is 3.93. The largest absolute Gasteiger partial charge is 0.478 e. The van der Waals surface area contributed by atoms with E-state index in [-0.39, 0.29) is 11.7 Å². The maximum Gasteiger partial charge on any atom is 0.336 e. The molecular weight excluding hydrogens is 237 g/mol. The summed E-state index contributed by atoms with van der Waals surface area (Å²) < 4.78 is 18.3. The molecule has 1 fully saturated rings. The Balaban J connectivity index is 2.12. The fourth-order valence-electron chi connectivity index (χ4n) is 2.26. The van der Waals surface area contributed by atoms with Gasteiger partial charge in [0.15, 0.2) is 0 Å². The van der Waals surface area contributed by atoms with Gasteiger partial charge in [0.1, 0.15) is 5.82 Å². The Morgan fingerprint density at radius 2 is 2.39 bits per heavy atom. The van der Waals surface area contributed by atoms with Gasteiger partial charge in [-0.25, -0.2) is 9.18 Å². The van der Waals surface area contributed by atoms with Crippen molar-refractivity contribution in [3.63, 3.8) is 0 Å². The molecule has 4 nitrogen and oxygen atoms in total. The van der Waals surface area contributed by atoms with Crippen molar-refractivity contribution in [3.05, 3.63) is 35.1 Å². The summed E-state index contributed by atoms with van der Waals surface area (Å²) in [6.45, 7) is 2.17. The molecule has 0 aromatic heterocycles. The van der Waals surface area contributed by atoms with E-state index in [9.17, 15) is 9.18 Å². The Labute approximate surface area is 105 Å². The van der Waals surface area contributed by atoms with E-state index >= 15 is 0 Å². The van der Waals surface area contributed by atoms with Crippen molar-refractivity contribution < 1.29 is 19.0 Å². The van der Waals surface area contributed by atoms with Gasteiger partial charge in [-0.15, -0.1) is 0 Å².